The number of halogens is 1. The number of aliphatic hydroxyl groups is 1. The lowest BCUT2D eigenvalue weighted by molar-refractivity contribution is 0.0677. The molecule has 6 nitrogen and oxygen atoms in total. The number of carbonyl (C=O) groups excluding carboxylic acids is 1. The first kappa shape index (κ1) is 24.6. The first-order valence-electron chi connectivity index (χ1n) is 12.3. The van der Waals surface area contributed by atoms with Crippen LogP contribution in [-0.4, -0.2) is 76.9 Å². The topological polar surface area (TPSA) is 65.9 Å². The van der Waals surface area contributed by atoms with Crippen LogP contribution in [0.25, 0.3) is 11.1 Å². The average Bonchev–Trinajstić information content (AvgIpc) is 3.32. The van der Waals surface area contributed by atoms with Crippen LogP contribution in [0, 0.1) is 5.92 Å². The molecule has 1 aromatic heterocycles. The molecular formula is C27H36FN3O3. The lowest BCUT2D eigenvalue weighted by Crippen LogP contribution is -2.41. The van der Waals surface area contributed by atoms with Crippen molar-refractivity contribution in [3.8, 4) is 17.0 Å². The van der Waals surface area contributed by atoms with Gasteiger partial charge in [0, 0.05) is 36.5 Å². The zero-order valence-electron chi connectivity index (χ0n) is 20.3. The molecule has 0 bridgehead atoms. The van der Waals surface area contributed by atoms with E-state index in [0.29, 0.717) is 37.1 Å². The Morgan fingerprint density at radius 2 is 1.79 bits per heavy atom. The van der Waals surface area contributed by atoms with Crippen LogP contribution in [-0.2, 0) is 0 Å². The molecule has 0 radical (unpaired) electrons. The second kappa shape index (κ2) is 10.8. The lowest BCUT2D eigenvalue weighted by atomic mass is 9.97. The summed E-state index contributed by atoms with van der Waals surface area (Å²) in [7, 11) is 0. The van der Waals surface area contributed by atoms with E-state index in [0.717, 1.165) is 49.9 Å². The Morgan fingerprint density at radius 3 is 2.41 bits per heavy atom. The summed E-state index contributed by atoms with van der Waals surface area (Å²) in [6, 6.07) is 11.3. The molecule has 34 heavy (non-hydrogen) atoms. The van der Waals surface area contributed by atoms with E-state index >= 15 is 0 Å². The average molecular weight is 470 g/mol. The Morgan fingerprint density at radius 1 is 1.09 bits per heavy atom. The van der Waals surface area contributed by atoms with Crippen molar-refractivity contribution >= 4 is 5.91 Å². The van der Waals surface area contributed by atoms with E-state index in [9.17, 15) is 14.3 Å². The minimum Gasteiger partial charge on any atom is -0.477 e. The van der Waals surface area contributed by atoms with Gasteiger partial charge in [-0.25, -0.2) is 9.37 Å². The number of pyridine rings is 1. The van der Waals surface area contributed by atoms with Crippen molar-refractivity contribution in [2.45, 2.75) is 51.2 Å². The molecule has 1 N–H and O–H groups in total. The molecule has 2 aliphatic rings. The molecule has 2 fully saturated rings. The summed E-state index contributed by atoms with van der Waals surface area (Å²) in [5.74, 6) is 1.04. The number of benzene rings is 1. The molecule has 0 spiro atoms. The van der Waals surface area contributed by atoms with Crippen LogP contribution in [0.4, 0.5) is 4.39 Å². The fraction of sp³-hybridized carbons (Fsp3) is 0.556. The molecule has 1 unspecified atom stereocenters. The summed E-state index contributed by atoms with van der Waals surface area (Å²) in [6.07, 6.45) is 5.61. The summed E-state index contributed by atoms with van der Waals surface area (Å²) < 4.78 is 19.8. The Kier molecular flexibility index (Phi) is 7.84. The summed E-state index contributed by atoms with van der Waals surface area (Å²) >= 11 is 0. The minimum absolute atomic E-state index is 0.0145. The van der Waals surface area contributed by atoms with Gasteiger partial charge in [0.25, 0.3) is 5.91 Å². The predicted octanol–water partition coefficient (Wildman–Crippen LogP) is 4.18. The van der Waals surface area contributed by atoms with Gasteiger partial charge < -0.3 is 19.6 Å². The number of aliphatic hydroxyl groups excluding tert-OH is 1. The van der Waals surface area contributed by atoms with Crippen molar-refractivity contribution in [3.05, 3.63) is 48.2 Å². The van der Waals surface area contributed by atoms with Gasteiger partial charge in [-0.1, -0.05) is 12.1 Å². The highest BCUT2D eigenvalue weighted by molar-refractivity contribution is 5.95. The van der Waals surface area contributed by atoms with Crippen LogP contribution in [0.5, 0.6) is 5.88 Å². The molecule has 3 heterocycles. The number of carbonyl (C=O) groups is 1. The normalized spacial score (nSPS) is 20.0. The zero-order chi connectivity index (χ0) is 24.1. The summed E-state index contributed by atoms with van der Waals surface area (Å²) in [6.45, 7) is 6.91. The smallest absolute Gasteiger partial charge is 0.254 e. The number of likely N-dealkylation sites (tertiary alicyclic amines) is 2. The quantitative estimate of drug-likeness (QED) is 0.628. The Bertz CT molecular complexity index is 935. The first-order valence-corrected chi connectivity index (χ1v) is 12.3. The van der Waals surface area contributed by atoms with Crippen molar-refractivity contribution < 1.29 is 19.0 Å². The van der Waals surface area contributed by atoms with E-state index in [1.165, 1.54) is 0 Å². The molecule has 0 saturated carbocycles. The third-order valence-electron chi connectivity index (χ3n) is 6.82. The molecule has 4 rings (SSSR count). The van der Waals surface area contributed by atoms with Crippen LogP contribution in [0.15, 0.2) is 42.6 Å². The number of aromatic nitrogens is 1. The SMILES string of the molecule is CC(C)(F)CN1CCC(COc2ccc(-c3ccc(C(=O)N4CCCC4CO)cc3)cn2)CC1. The van der Waals surface area contributed by atoms with Gasteiger partial charge in [0.2, 0.25) is 5.88 Å². The molecule has 184 valence electrons. The van der Waals surface area contributed by atoms with Crippen LogP contribution in [0.1, 0.15) is 49.9 Å². The number of ether oxygens (including phenoxy) is 1. The maximum Gasteiger partial charge on any atom is 0.254 e. The predicted molar refractivity (Wildman–Crippen MR) is 131 cm³/mol. The Balaban J connectivity index is 1.27. The number of hydrogen-bond donors (Lipinski definition) is 1. The number of amides is 1. The van der Waals surface area contributed by atoms with Crippen LogP contribution in [0.3, 0.4) is 0 Å². The van der Waals surface area contributed by atoms with Gasteiger partial charge in [0.15, 0.2) is 0 Å². The third-order valence-corrected chi connectivity index (χ3v) is 6.82. The lowest BCUT2D eigenvalue weighted by Gasteiger charge is -2.34. The molecule has 2 aromatic rings. The van der Waals surface area contributed by atoms with Gasteiger partial charge in [-0.05, 0) is 82.3 Å². The van der Waals surface area contributed by atoms with Gasteiger partial charge in [-0.3, -0.25) is 4.79 Å². The summed E-state index contributed by atoms with van der Waals surface area (Å²) in [5, 5.41) is 9.48. The molecule has 2 aliphatic heterocycles. The molecule has 1 amide bonds. The molecule has 1 aromatic carbocycles. The standard InChI is InChI=1S/C27H36FN3O3/c1-27(2,28)19-30-14-11-20(12-15-30)18-34-25-10-9-23(16-29-25)21-5-7-22(8-6-21)26(33)31-13-3-4-24(31)17-32/h5-10,16,20,24,32H,3-4,11-15,17-19H2,1-2H3. The molecular weight excluding hydrogens is 433 g/mol. The number of alkyl halides is 1. The highest BCUT2D eigenvalue weighted by atomic mass is 19.1. The van der Waals surface area contributed by atoms with E-state index in [-0.39, 0.29) is 18.6 Å². The summed E-state index contributed by atoms with van der Waals surface area (Å²) in [4.78, 5) is 21.2. The summed E-state index contributed by atoms with van der Waals surface area (Å²) in [5.41, 5.74) is 1.43. The fourth-order valence-corrected chi connectivity index (χ4v) is 4.95. The van der Waals surface area contributed by atoms with Gasteiger partial charge in [-0.2, -0.15) is 0 Å². The third kappa shape index (κ3) is 6.33. The number of rotatable bonds is 8. The fourth-order valence-electron chi connectivity index (χ4n) is 4.95. The van der Waals surface area contributed by atoms with E-state index in [2.05, 4.69) is 9.88 Å². The highest BCUT2D eigenvalue weighted by Gasteiger charge is 2.29. The van der Waals surface area contributed by atoms with Gasteiger partial charge in [0.05, 0.1) is 19.3 Å². The van der Waals surface area contributed by atoms with Crippen molar-refractivity contribution in [3.63, 3.8) is 0 Å². The van der Waals surface area contributed by atoms with Gasteiger partial charge >= 0.3 is 0 Å². The van der Waals surface area contributed by atoms with Crippen molar-refractivity contribution in [2.75, 3.05) is 39.4 Å². The van der Waals surface area contributed by atoms with Gasteiger partial charge in [0.1, 0.15) is 5.67 Å². The second-order valence-electron chi connectivity index (χ2n) is 10.2. The Hall–Kier alpha value is -2.51. The first-order chi connectivity index (χ1) is 16.3. The van der Waals surface area contributed by atoms with E-state index < -0.39 is 5.67 Å². The number of piperidine rings is 1. The maximum absolute atomic E-state index is 13.8. The van der Waals surface area contributed by atoms with Gasteiger partial charge in [-0.15, -0.1) is 0 Å². The van der Waals surface area contributed by atoms with E-state index in [1.54, 1.807) is 24.9 Å². The van der Waals surface area contributed by atoms with E-state index in [1.807, 2.05) is 36.4 Å². The molecule has 2 saturated heterocycles. The Labute approximate surface area is 201 Å². The molecule has 7 heteroatoms. The van der Waals surface area contributed by atoms with Crippen molar-refractivity contribution in [1.29, 1.82) is 0 Å². The van der Waals surface area contributed by atoms with Crippen molar-refractivity contribution in [2.24, 2.45) is 5.92 Å². The largest absolute Gasteiger partial charge is 0.477 e. The highest BCUT2D eigenvalue weighted by Crippen LogP contribution is 2.25. The minimum atomic E-state index is -1.15. The number of hydrogen-bond acceptors (Lipinski definition) is 5. The number of nitrogens with zero attached hydrogens (tertiary/aromatic N) is 3. The monoisotopic (exact) mass is 469 g/mol. The molecule has 0 aliphatic carbocycles. The second-order valence-corrected chi connectivity index (χ2v) is 10.2. The zero-order valence-corrected chi connectivity index (χ0v) is 20.3. The van der Waals surface area contributed by atoms with Crippen LogP contribution >= 0.6 is 0 Å². The van der Waals surface area contributed by atoms with E-state index in [4.69, 9.17) is 4.74 Å². The van der Waals surface area contributed by atoms with Crippen molar-refractivity contribution in [1.82, 2.24) is 14.8 Å². The van der Waals surface area contributed by atoms with Crippen LogP contribution < -0.4 is 4.74 Å². The molecule has 1 atom stereocenters. The maximum atomic E-state index is 13.8. The van der Waals surface area contributed by atoms with Crippen LogP contribution in [0.2, 0.25) is 0 Å².